The summed E-state index contributed by atoms with van der Waals surface area (Å²) in [5.74, 6) is -1.51. The molecule has 1 aromatic carbocycles. The predicted molar refractivity (Wildman–Crippen MR) is 90.3 cm³/mol. The van der Waals surface area contributed by atoms with Gasteiger partial charge in [0.25, 0.3) is 0 Å². The third kappa shape index (κ3) is 2.47. The fraction of sp³-hybridized carbons (Fsp3) is 0.176. The highest BCUT2D eigenvalue weighted by molar-refractivity contribution is 6.15. The smallest absolute Gasteiger partial charge is 0.149 e. The zero-order valence-electron chi connectivity index (χ0n) is 13.0. The number of nitrogens with zero attached hydrogens (tertiary/aromatic N) is 2. The molecule has 2 aromatic rings. The molecule has 2 heterocycles. The lowest BCUT2D eigenvalue weighted by Crippen LogP contribution is -2.22. The number of benzene rings is 1. The third-order valence-electron chi connectivity index (χ3n) is 3.92. The number of anilines is 3. The number of aliphatic hydroxyl groups is 1. The van der Waals surface area contributed by atoms with E-state index in [4.69, 9.17) is 5.41 Å². The minimum Gasteiger partial charge on any atom is -0.508 e. The van der Waals surface area contributed by atoms with Gasteiger partial charge in [-0.2, -0.15) is 0 Å². The van der Waals surface area contributed by atoms with Gasteiger partial charge in [0.1, 0.15) is 28.9 Å². The Kier molecular flexibility index (Phi) is 3.92. The Morgan fingerprint density at radius 1 is 1.42 bits per heavy atom. The number of nitrogens with one attached hydrogen (secondary N) is 2. The molecule has 1 aliphatic heterocycles. The van der Waals surface area contributed by atoms with Crippen LogP contribution in [0.15, 0.2) is 31.0 Å². The zero-order valence-corrected chi connectivity index (χ0v) is 13.0. The molecule has 124 valence electrons. The van der Waals surface area contributed by atoms with Crippen LogP contribution in [0.4, 0.5) is 26.0 Å². The first kappa shape index (κ1) is 15.9. The maximum Gasteiger partial charge on any atom is 0.149 e. The molecule has 0 fully saturated rings. The maximum atomic E-state index is 13.9. The summed E-state index contributed by atoms with van der Waals surface area (Å²) < 4.78 is 27.8. The maximum absolute atomic E-state index is 13.9. The monoisotopic (exact) mass is 330 g/mol. The van der Waals surface area contributed by atoms with Gasteiger partial charge in [0.15, 0.2) is 0 Å². The van der Waals surface area contributed by atoms with Crippen LogP contribution >= 0.6 is 0 Å². The van der Waals surface area contributed by atoms with E-state index in [1.54, 1.807) is 0 Å². The normalized spacial score (nSPS) is 13.1. The van der Waals surface area contributed by atoms with Gasteiger partial charge in [0.2, 0.25) is 0 Å². The average molecular weight is 330 g/mol. The number of likely N-dealkylation sites (N-methyl/N-ethyl adjacent to an activating group) is 1. The van der Waals surface area contributed by atoms with Crippen molar-refractivity contribution in [2.75, 3.05) is 23.3 Å². The van der Waals surface area contributed by atoms with Crippen molar-refractivity contribution in [1.82, 2.24) is 4.98 Å². The van der Waals surface area contributed by atoms with Gasteiger partial charge in [-0.25, -0.2) is 13.8 Å². The Morgan fingerprint density at radius 2 is 2.08 bits per heavy atom. The molecule has 0 saturated heterocycles. The van der Waals surface area contributed by atoms with Crippen LogP contribution in [-0.4, -0.2) is 28.9 Å². The lowest BCUT2D eigenvalue weighted by Gasteiger charge is -2.20. The van der Waals surface area contributed by atoms with Gasteiger partial charge >= 0.3 is 0 Å². The van der Waals surface area contributed by atoms with Crippen LogP contribution in [0.3, 0.4) is 0 Å². The lowest BCUT2D eigenvalue weighted by molar-refractivity contribution is 0.513. The van der Waals surface area contributed by atoms with Crippen LogP contribution < -0.4 is 10.2 Å². The van der Waals surface area contributed by atoms with Crippen molar-refractivity contribution >= 4 is 28.7 Å². The minimum absolute atomic E-state index is 0.167. The van der Waals surface area contributed by atoms with Crippen molar-refractivity contribution in [2.24, 2.45) is 0 Å². The van der Waals surface area contributed by atoms with E-state index in [1.165, 1.54) is 12.3 Å². The van der Waals surface area contributed by atoms with Crippen molar-refractivity contribution in [2.45, 2.75) is 6.92 Å². The Morgan fingerprint density at radius 3 is 2.67 bits per heavy atom. The van der Waals surface area contributed by atoms with Crippen LogP contribution in [0.25, 0.3) is 5.76 Å². The van der Waals surface area contributed by atoms with E-state index in [9.17, 15) is 13.9 Å². The Hall–Kier alpha value is -2.96. The first-order valence-corrected chi connectivity index (χ1v) is 7.39. The highest BCUT2D eigenvalue weighted by Gasteiger charge is 2.30. The summed E-state index contributed by atoms with van der Waals surface area (Å²) in [4.78, 5) is 6.01. The molecule has 0 amide bonds. The fourth-order valence-corrected chi connectivity index (χ4v) is 2.78. The number of para-hydroxylation sites is 1. The van der Waals surface area contributed by atoms with E-state index in [-0.39, 0.29) is 23.0 Å². The number of fused-ring (bicyclic) bond motifs is 1. The summed E-state index contributed by atoms with van der Waals surface area (Å²) in [5, 5.41) is 20.6. The fourth-order valence-electron chi connectivity index (χ4n) is 2.78. The first-order chi connectivity index (χ1) is 11.4. The van der Waals surface area contributed by atoms with E-state index >= 15 is 0 Å². The molecule has 1 aliphatic rings. The number of pyridine rings is 1. The van der Waals surface area contributed by atoms with Crippen LogP contribution in [0.2, 0.25) is 0 Å². The standard InChI is InChI=1S/C17H16F2N4O/c1-3-23-8-13(20)14-16(23)10(9(2)24)7-21-17(14)22-15-11(18)5-4-6-12(15)19/h4-7,20,24H,2-3,8H2,1H3,(H,21,22). The van der Waals surface area contributed by atoms with Crippen molar-refractivity contribution < 1.29 is 13.9 Å². The Balaban J connectivity index is 2.16. The van der Waals surface area contributed by atoms with Gasteiger partial charge in [0, 0.05) is 12.7 Å². The Bertz CT molecular complexity index is 830. The first-order valence-electron chi connectivity index (χ1n) is 7.39. The van der Waals surface area contributed by atoms with Crippen molar-refractivity contribution in [3.05, 3.63) is 53.7 Å². The van der Waals surface area contributed by atoms with Crippen molar-refractivity contribution in [3.63, 3.8) is 0 Å². The van der Waals surface area contributed by atoms with E-state index in [1.807, 2.05) is 11.8 Å². The molecular weight excluding hydrogens is 314 g/mol. The van der Waals surface area contributed by atoms with Gasteiger partial charge in [0.05, 0.1) is 29.1 Å². The molecule has 0 aliphatic carbocycles. The van der Waals surface area contributed by atoms with Crippen LogP contribution in [0.5, 0.6) is 0 Å². The van der Waals surface area contributed by atoms with Crippen LogP contribution in [0.1, 0.15) is 18.1 Å². The van der Waals surface area contributed by atoms with Gasteiger partial charge in [-0.15, -0.1) is 0 Å². The molecule has 3 N–H and O–H groups in total. The average Bonchev–Trinajstić information content (AvgIpc) is 2.88. The van der Waals surface area contributed by atoms with E-state index < -0.39 is 11.6 Å². The highest BCUT2D eigenvalue weighted by Crippen LogP contribution is 2.39. The molecule has 0 spiro atoms. The number of rotatable bonds is 4. The second-order valence-corrected chi connectivity index (χ2v) is 5.41. The van der Waals surface area contributed by atoms with E-state index in [0.29, 0.717) is 29.9 Å². The number of hydrogen-bond acceptors (Lipinski definition) is 5. The van der Waals surface area contributed by atoms with Crippen molar-refractivity contribution in [1.29, 1.82) is 5.41 Å². The summed E-state index contributed by atoms with van der Waals surface area (Å²) >= 11 is 0. The second-order valence-electron chi connectivity index (χ2n) is 5.41. The molecule has 7 heteroatoms. The number of hydrogen-bond donors (Lipinski definition) is 3. The summed E-state index contributed by atoms with van der Waals surface area (Å²) in [7, 11) is 0. The van der Waals surface area contributed by atoms with Gasteiger partial charge in [-0.3, -0.25) is 0 Å². The molecule has 3 rings (SSSR count). The highest BCUT2D eigenvalue weighted by atomic mass is 19.1. The number of aliphatic hydroxyl groups excluding tert-OH is 1. The molecule has 0 saturated carbocycles. The molecule has 0 atom stereocenters. The summed E-state index contributed by atoms with van der Waals surface area (Å²) in [6.07, 6.45) is 1.38. The van der Waals surface area contributed by atoms with Crippen LogP contribution in [-0.2, 0) is 0 Å². The van der Waals surface area contributed by atoms with Gasteiger partial charge in [-0.05, 0) is 19.1 Å². The topological polar surface area (TPSA) is 72.2 Å². The second kappa shape index (κ2) is 5.92. The Labute approximate surface area is 137 Å². The largest absolute Gasteiger partial charge is 0.508 e. The van der Waals surface area contributed by atoms with Gasteiger partial charge in [-0.1, -0.05) is 12.6 Å². The summed E-state index contributed by atoms with van der Waals surface area (Å²) in [6.45, 7) is 6.36. The number of halogens is 2. The molecule has 0 unspecified atom stereocenters. The quantitative estimate of drug-likeness (QED) is 0.745. The third-order valence-corrected chi connectivity index (χ3v) is 3.92. The molecular formula is C17H16F2N4O. The summed E-state index contributed by atoms with van der Waals surface area (Å²) in [5.41, 5.74) is 1.32. The lowest BCUT2D eigenvalue weighted by atomic mass is 10.1. The molecule has 0 radical (unpaired) electrons. The zero-order chi connectivity index (χ0) is 17.4. The summed E-state index contributed by atoms with van der Waals surface area (Å²) in [6, 6.07) is 3.55. The SMILES string of the molecule is C=C(O)c1cnc(Nc2c(F)cccc2F)c2c1N(CC)CC2=N. The molecule has 24 heavy (non-hydrogen) atoms. The number of aromatic nitrogens is 1. The molecule has 5 nitrogen and oxygen atoms in total. The predicted octanol–water partition coefficient (Wildman–Crippen LogP) is 3.84. The van der Waals surface area contributed by atoms with Crippen LogP contribution in [0, 0.1) is 17.0 Å². The van der Waals surface area contributed by atoms with E-state index in [2.05, 4.69) is 16.9 Å². The molecule has 1 aromatic heterocycles. The van der Waals surface area contributed by atoms with Gasteiger partial charge < -0.3 is 20.7 Å². The minimum atomic E-state index is -0.752. The van der Waals surface area contributed by atoms with E-state index in [0.717, 1.165) is 12.1 Å². The van der Waals surface area contributed by atoms with Crippen molar-refractivity contribution in [3.8, 4) is 0 Å². The molecule has 0 bridgehead atoms.